The predicted molar refractivity (Wildman–Crippen MR) is 119 cm³/mol. The minimum absolute atomic E-state index is 0.396. The van der Waals surface area contributed by atoms with Gasteiger partial charge in [-0.15, -0.1) is 26.3 Å². The van der Waals surface area contributed by atoms with E-state index in [4.69, 9.17) is 4.74 Å². The minimum Gasteiger partial charge on any atom is -0.457 e. The fraction of sp³-hybridized carbons (Fsp3) is 0.308. The van der Waals surface area contributed by atoms with Crippen LogP contribution in [-0.4, -0.2) is 12.7 Å². The molecule has 0 aliphatic heterocycles. The third kappa shape index (κ3) is 8.42. The van der Waals surface area contributed by atoms with Gasteiger partial charge in [-0.3, -0.25) is 0 Å². The summed E-state index contributed by atoms with van der Waals surface area (Å²) in [6.45, 7) is 3.61. The van der Waals surface area contributed by atoms with Gasteiger partial charge in [0.2, 0.25) is 0 Å². The maximum Gasteiger partial charge on any atom is 0.573 e. The highest BCUT2D eigenvalue weighted by Gasteiger charge is 2.37. The van der Waals surface area contributed by atoms with Gasteiger partial charge in [0.15, 0.2) is 11.5 Å². The zero-order valence-corrected chi connectivity index (χ0v) is 19.0. The summed E-state index contributed by atoms with van der Waals surface area (Å²) in [6.07, 6.45) is -8.41. The van der Waals surface area contributed by atoms with Gasteiger partial charge in [-0.25, -0.2) is 0 Å². The molecule has 0 N–H and O–H groups in total. The van der Waals surface area contributed by atoms with E-state index in [-0.39, 0.29) is 0 Å². The molecule has 3 aromatic carbocycles. The second-order valence-corrected chi connectivity index (χ2v) is 8.56. The number of para-hydroxylation sites is 1. The summed E-state index contributed by atoms with van der Waals surface area (Å²) < 4.78 is 89.5. The third-order valence-corrected chi connectivity index (χ3v) is 5.32. The second-order valence-electron chi connectivity index (χ2n) is 8.56. The van der Waals surface area contributed by atoms with Gasteiger partial charge in [-0.2, -0.15) is 0 Å². The lowest BCUT2D eigenvalue weighted by Crippen LogP contribution is -2.23. The van der Waals surface area contributed by atoms with Crippen LogP contribution in [0.25, 0.3) is 0 Å². The smallest absolute Gasteiger partial charge is 0.457 e. The van der Waals surface area contributed by atoms with Gasteiger partial charge >= 0.3 is 12.7 Å². The summed E-state index contributed by atoms with van der Waals surface area (Å²) in [5, 5.41) is 0. The lowest BCUT2D eigenvalue weighted by Gasteiger charge is -2.27. The van der Waals surface area contributed by atoms with Gasteiger partial charge in [-0.1, -0.05) is 50.2 Å². The molecule has 35 heavy (non-hydrogen) atoms. The van der Waals surface area contributed by atoms with Gasteiger partial charge in [0, 0.05) is 0 Å². The van der Waals surface area contributed by atoms with Crippen LogP contribution >= 0.6 is 0 Å². The number of rotatable bonds is 9. The number of benzene rings is 3. The Kier molecular flexibility index (Phi) is 7.87. The zero-order chi connectivity index (χ0) is 25.7. The van der Waals surface area contributed by atoms with E-state index in [1.165, 1.54) is 6.07 Å². The molecule has 0 radical (unpaired) electrons. The molecular weight excluding hydrogens is 474 g/mol. The van der Waals surface area contributed by atoms with E-state index in [0.717, 1.165) is 17.7 Å². The Morgan fingerprint density at radius 2 is 1.29 bits per heavy atom. The third-order valence-electron chi connectivity index (χ3n) is 5.32. The zero-order valence-electron chi connectivity index (χ0n) is 19.0. The molecular formula is C26H24F6O3. The highest BCUT2D eigenvalue weighted by Crippen LogP contribution is 2.40. The van der Waals surface area contributed by atoms with Crippen LogP contribution in [0.15, 0.2) is 72.8 Å². The fourth-order valence-electron chi connectivity index (χ4n) is 3.61. The largest absolute Gasteiger partial charge is 0.573 e. The first-order valence-corrected chi connectivity index (χ1v) is 10.8. The van der Waals surface area contributed by atoms with Crippen molar-refractivity contribution in [1.82, 2.24) is 0 Å². The first-order valence-electron chi connectivity index (χ1n) is 10.8. The van der Waals surface area contributed by atoms with E-state index in [2.05, 4.69) is 9.47 Å². The molecule has 0 heterocycles. The lowest BCUT2D eigenvalue weighted by molar-refractivity contribution is -0.287. The Morgan fingerprint density at radius 3 is 1.94 bits per heavy atom. The van der Waals surface area contributed by atoms with Crippen LogP contribution in [-0.2, 0) is 11.8 Å². The Labute approximate surface area is 199 Å². The summed E-state index contributed by atoms with van der Waals surface area (Å²) in [7, 11) is 0. The van der Waals surface area contributed by atoms with Crippen LogP contribution in [0.2, 0.25) is 0 Å². The summed E-state index contributed by atoms with van der Waals surface area (Å²) in [6, 6.07) is 20.0. The van der Waals surface area contributed by atoms with Crippen molar-refractivity contribution >= 4 is 0 Å². The molecule has 0 bridgehead atoms. The highest BCUT2D eigenvalue weighted by atomic mass is 19.4. The van der Waals surface area contributed by atoms with Gasteiger partial charge in [-0.05, 0) is 72.2 Å². The topological polar surface area (TPSA) is 27.7 Å². The van der Waals surface area contributed by atoms with Gasteiger partial charge in [0.25, 0.3) is 0 Å². The van der Waals surface area contributed by atoms with E-state index in [0.29, 0.717) is 36.3 Å². The van der Waals surface area contributed by atoms with Crippen molar-refractivity contribution in [2.45, 2.75) is 51.2 Å². The van der Waals surface area contributed by atoms with Gasteiger partial charge in [0.05, 0.1) is 0 Å². The van der Waals surface area contributed by atoms with Crippen LogP contribution in [0.4, 0.5) is 26.3 Å². The van der Waals surface area contributed by atoms with E-state index in [9.17, 15) is 26.3 Å². The van der Waals surface area contributed by atoms with E-state index >= 15 is 0 Å². The van der Waals surface area contributed by atoms with E-state index < -0.39 is 29.6 Å². The fourth-order valence-corrected chi connectivity index (χ4v) is 3.61. The Morgan fingerprint density at radius 1 is 0.657 bits per heavy atom. The predicted octanol–water partition coefficient (Wildman–Crippen LogP) is 8.58. The molecule has 0 amide bonds. The first-order chi connectivity index (χ1) is 16.3. The molecule has 0 atom stereocenters. The Hall–Kier alpha value is -3.36. The first kappa shape index (κ1) is 26.2. The molecule has 0 aromatic heterocycles. The average Bonchev–Trinajstić information content (AvgIpc) is 2.74. The van der Waals surface area contributed by atoms with Gasteiger partial charge < -0.3 is 14.2 Å². The van der Waals surface area contributed by atoms with Crippen molar-refractivity contribution in [2.75, 3.05) is 0 Å². The van der Waals surface area contributed by atoms with Crippen LogP contribution in [0.1, 0.15) is 37.8 Å². The molecule has 0 fully saturated rings. The molecule has 0 spiro atoms. The second kappa shape index (κ2) is 10.5. The van der Waals surface area contributed by atoms with Gasteiger partial charge in [0.1, 0.15) is 11.5 Å². The molecule has 188 valence electrons. The van der Waals surface area contributed by atoms with Crippen molar-refractivity contribution in [1.29, 1.82) is 0 Å². The van der Waals surface area contributed by atoms with Crippen LogP contribution in [0.3, 0.4) is 0 Å². The molecule has 0 saturated heterocycles. The van der Waals surface area contributed by atoms with Crippen molar-refractivity contribution < 1.29 is 40.6 Å². The molecule has 3 aromatic rings. The van der Waals surface area contributed by atoms with Crippen molar-refractivity contribution in [3.05, 3.63) is 83.9 Å². The Bertz CT molecular complexity index is 1110. The molecule has 0 saturated carbocycles. The minimum atomic E-state index is -5.17. The Balaban J connectivity index is 1.68. The van der Waals surface area contributed by atoms with E-state index in [1.807, 2.05) is 54.6 Å². The van der Waals surface area contributed by atoms with Crippen molar-refractivity contribution in [3.63, 3.8) is 0 Å². The highest BCUT2D eigenvalue weighted by molar-refractivity contribution is 5.45. The number of ether oxygens (including phenoxy) is 3. The molecule has 3 rings (SSSR count). The van der Waals surface area contributed by atoms with E-state index in [1.54, 1.807) is 13.8 Å². The summed E-state index contributed by atoms with van der Waals surface area (Å²) in [4.78, 5) is 0. The number of alkyl halides is 6. The monoisotopic (exact) mass is 498 g/mol. The molecule has 0 aliphatic carbocycles. The normalized spacial score (nSPS) is 12.3. The average molecular weight is 498 g/mol. The molecule has 9 heteroatoms. The van der Waals surface area contributed by atoms with Crippen LogP contribution < -0.4 is 14.2 Å². The maximum absolute atomic E-state index is 12.8. The van der Waals surface area contributed by atoms with Crippen LogP contribution in [0, 0.1) is 0 Å². The van der Waals surface area contributed by atoms with Crippen molar-refractivity contribution in [3.8, 4) is 23.0 Å². The molecule has 0 unspecified atom stereocenters. The quantitative estimate of drug-likeness (QED) is 0.277. The number of halogens is 6. The summed E-state index contributed by atoms with van der Waals surface area (Å²) >= 11 is 0. The number of aryl methyl sites for hydroxylation is 1. The standard InChI is InChI=1S/C26H24F6O3/c1-24(2,19-13-14-22(34-25(27,28)29)23(17-19)35-26(30,31)32)15-7-9-18-8-6-12-21(16-18)33-20-10-4-3-5-11-20/h3-6,8,10-14,16-17H,7,9,15H2,1-2H3. The van der Waals surface area contributed by atoms with Crippen molar-refractivity contribution in [2.24, 2.45) is 0 Å². The summed E-state index contributed by atoms with van der Waals surface area (Å²) in [5.74, 6) is -0.696. The number of hydrogen-bond donors (Lipinski definition) is 0. The molecule has 0 aliphatic rings. The maximum atomic E-state index is 12.8. The summed E-state index contributed by atoms with van der Waals surface area (Å²) in [5.41, 5.74) is 0.773. The number of hydrogen-bond acceptors (Lipinski definition) is 3. The SMILES string of the molecule is CC(C)(CCCc1cccc(Oc2ccccc2)c1)c1ccc(OC(F)(F)F)c(OC(F)(F)F)c1. The van der Waals surface area contributed by atoms with Crippen LogP contribution in [0.5, 0.6) is 23.0 Å². The molecule has 3 nitrogen and oxygen atoms in total. The lowest BCUT2D eigenvalue weighted by atomic mass is 9.79.